The minimum Gasteiger partial charge on any atom is -0.463 e. The molecule has 1 N–H and O–H groups in total. The SMILES string of the molecule is CCCCSC(CCCC(C)C)COC(=O)CO. The van der Waals surface area contributed by atoms with Crippen molar-refractivity contribution in [3.8, 4) is 0 Å². The summed E-state index contributed by atoms with van der Waals surface area (Å²) >= 11 is 1.89. The van der Waals surface area contributed by atoms with Gasteiger partial charge in [0.25, 0.3) is 0 Å². The normalized spacial score (nSPS) is 12.7. The third kappa shape index (κ3) is 10.9. The molecule has 0 spiro atoms. The highest BCUT2D eigenvalue weighted by atomic mass is 32.2. The molecule has 0 aliphatic heterocycles. The number of ether oxygens (including phenoxy) is 1. The maximum absolute atomic E-state index is 10.9. The van der Waals surface area contributed by atoms with Gasteiger partial charge in [0, 0.05) is 5.25 Å². The first-order chi connectivity index (χ1) is 8.60. The van der Waals surface area contributed by atoms with Crippen molar-refractivity contribution in [2.24, 2.45) is 5.92 Å². The predicted octanol–water partition coefficient (Wildman–Crippen LogP) is 3.25. The largest absolute Gasteiger partial charge is 0.463 e. The van der Waals surface area contributed by atoms with Crippen LogP contribution in [0.5, 0.6) is 0 Å². The summed E-state index contributed by atoms with van der Waals surface area (Å²) in [4.78, 5) is 10.9. The molecule has 0 rings (SSSR count). The maximum atomic E-state index is 10.9. The van der Waals surface area contributed by atoms with Crippen LogP contribution >= 0.6 is 11.8 Å². The maximum Gasteiger partial charge on any atom is 0.331 e. The van der Waals surface area contributed by atoms with E-state index in [1.54, 1.807) is 0 Å². The predicted molar refractivity (Wildman–Crippen MR) is 77.9 cm³/mol. The van der Waals surface area contributed by atoms with E-state index >= 15 is 0 Å². The van der Waals surface area contributed by atoms with E-state index in [9.17, 15) is 4.79 Å². The molecule has 0 aromatic carbocycles. The number of hydrogen-bond donors (Lipinski definition) is 1. The highest BCUT2D eigenvalue weighted by Gasteiger charge is 2.12. The first kappa shape index (κ1) is 17.8. The summed E-state index contributed by atoms with van der Waals surface area (Å²) in [5, 5.41) is 9.01. The van der Waals surface area contributed by atoms with Gasteiger partial charge in [-0.1, -0.05) is 40.0 Å². The van der Waals surface area contributed by atoms with Crippen LogP contribution in [0.2, 0.25) is 0 Å². The van der Waals surface area contributed by atoms with Gasteiger partial charge in [-0.25, -0.2) is 4.79 Å². The zero-order chi connectivity index (χ0) is 13.8. The first-order valence-corrected chi connectivity index (χ1v) is 8.03. The molecule has 0 aromatic rings. The Morgan fingerprint density at radius 3 is 2.56 bits per heavy atom. The van der Waals surface area contributed by atoms with Crippen LogP contribution < -0.4 is 0 Å². The monoisotopic (exact) mass is 276 g/mol. The van der Waals surface area contributed by atoms with Crippen molar-refractivity contribution in [1.29, 1.82) is 0 Å². The molecule has 0 radical (unpaired) electrons. The van der Waals surface area contributed by atoms with Gasteiger partial charge in [0.1, 0.15) is 13.2 Å². The average Bonchev–Trinajstić information content (AvgIpc) is 2.34. The van der Waals surface area contributed by atoms with Crippen LogP contribution in [-0.2, 0) is 9.53 Å². The minimum absolute atomic E-state index is 0.380. The van der Waals surface area contributed by atoms with Crippen molar-refractivity contribution in [3.05, 3.63) is 0 Å². The van der Waals surface area contributed by atoms with Gasteiger partial charge >= 0.3 is 5.97 Å². The molecular formula is C14H28O3S. The summed E-state index contributed by atoms with van der Waals surface area (Å²) in [7, 11) is 0. The van der Waals surface area contributed by atoms with Gasteiger partial charge in [-0.2, -0.15) is 11.8 Å². The molecule has 0 heterocycles. The van der Waals surface area contributed by atoms with Gasteiger partial charge in [-0.05, 0) is 24.5 Å². The van der Waals surface area contributed by atoms with E-state index in [1.165, 1.54) is 25.7 Å². The van der Waals surface area contributed by atoms with Gasteiger partial charge in [-0.15, -0.1) is 0 Å². The fraction of sp³-hybridized carbons (Fsp3) is 0.929. The Hall–Kier alpha value is -0.220. The van der Waals surface area contributed by atoms with Crippen LogP contribution in [0.1, 0.15) is 52.9 Å². The Bertz CT molecular complexity index is 207. The van der Waals surface area contributed by atoms with Gasteiger partial charge < -0.3 is 9.84 Å². The lowest BCUT2D eigenvalue weighted by molar-refractivity contribution is -0.146. The van der Waals surface area contributed by atoms with Crippen molar-refractivity contribution in [1.82, 2.24) is 0 Å². The van der Waals surface area contributed by atoms with Crippen molar-refractivity contribution in [3.63, 3.8) is 0 Å². The second-order valence-corrected chi connectivity index (χ2v) is 6.42. The van der Waals surface area contributed by atoms with Crippen LogP contribution in [-0.4, -0.2) is 35.3 Å². The number of aliphatic hydroxyl groups is 1. The van der Waals surface area contributed by atoms with E-state index in [2.05, 4.69) is 20.8 Å². The third-order valence-corrected chi connectivity index (χ3v) is 4.09. The summed E-state index contributed by atoms with van der Waals surface area (Å²) in [5.74, 6) is 1.34. The molecular weight excluding hydrogens is 248 g/mol. The number of esters is 1. The summed E-state index contributed by atoms with van der Waals surface area (Å²) in [6.07, 6.45) is 5.89. The van der Waals surface area contributed by atoms with Gasteiger partial charge in [-0.3, -0.25) is 0 Å². The molecule has 4 heteroatoms. The minimum atomic E-state index is -0.516. The molecule has 0 bridgehead atoms. The molecule has 0 saturated heterocycles. The molecule has 18 heavy (non-hydrogen) atoms. The van der Waals surface area contributed by atoms with Crippen molar-refractivity contribution >= 4 is 17.7 Å². The number of aliphatic hydroxyl groups excluding tert-OH is 1. The van der Waals surface area contributed by atoms with E-state index < -0.39 is 12.6 Å². The lowest BCUT2D eigenvalue weighted by Crippen LogP contribution is -2.18. The zero-order valence-corrected chi connectivity index (χ0v) is 12.8. The third-order valence-electron chi connectivity index (χ3n) is 2.72. The van der Waals surface area contributed by atoms with E-state index in [0.29, 0.717) is 11.9 Å². The summed E-state index contributed by atoms with van der Waals surface area (Å²) in [6, 6.07) is 0. The van der Waals surface area contributed by atoms with E-state index in [0.717, 1.165) is 18.1 Å². The zero-order valence-electron chi connectivity index (χ0n) is 12.0. The highest BCUT2D eigenvalue weighted by Crippen LogP contribution is 2.20. The second-order valence-electron chi connectivity index (χ2n) is 5.01. The van der Waals surface area contributed by atoms with Gasteiger partial charge in [0.15, 0.2) is 0 Å². The highest BCUT2D eigenvalue weighted by molar-refractivity contribution is 7.99. The van der Waals surface area contributed by atoms with Crippen molar-refractivity contribution in [2.45, 2.75) is 58.1 Å². The van der Waals surface area contributed by atoms with E-state index in [-0.39, 0.29) is 0 Å². The van der Waals surface area contributed by atoms with Crippen LogP contribution in [0, 0.1) is 5.92 Å². The molecule has 0 saturated carbocycles. The van der Waals surface area contributed by atoms with Crippen molar-refractivity contribution < 1.29 is 14.6 Å². The second kappa shape index (κ2) is 11.8. The molecule has 0 amide bonds. The van der Waals surface area contributed by atoms with Crippen LogP contribution in [0.3, 0.4) is 0 Å². The summed E-state index contributed by atoms with van der Waals surface area (Å²) in [6.45, 7) is 6.56. The molecule has 0 fully saturated rings. The average molecular weight is 276 g/mol. The molecule has 108 valence electrons. The van der Waals surface area contributed by atoms with Gasteiger partial charge in [0.05, 0.1) is 0 Å². The van der Waals surface area contributed by atoms with Crippen LogP contribution in [0.25, 0.3) is 0 Å². The Morgan fingerprint density at radius 2 is 2.00 bits per heavy atom. The molecule has 0 aliphatic carbocycles. The first-order valence-electron chi connectivity index (χ1n) is 6.98. The summed E-state index contributed by atoms with van der Waals surface area (Å²) in [5.41, 5.74) is 0. The lowest BCUT2D eigenvalue weighted by atomic mass is 10.1. The quantitative estimate of drug-likeness (QED) is 0.465. The lowest BCUT2D eigenvalue weighted by Gasteiger charge is -2.17. The Balaban J connectivity index is 3.87. The number of unbranched alkanes of at least 4 members (excludes halogenated alkanes) is 1. The smallest absolute Gasteiger partial charge is 0.331 e. The molecule has 1 unspecified atom stereocenters. The molecule has 0 aliphatic rings. The summed E-state index contributed by atoms with van der Waals surface area (Å²) < 4.78 is 5.03. The van der Waals surface area contributed by atoms with E-state index in [4.69, 9.17) is 9.84 Å². The number of rotatable bonds is 11. The molecule has 3 nitrogen and oxygen atoms in total. The topological polar surface area (TPSA) is 46.5 Å². The Kier molecular flexibility index (Phi) is 11.7. The standard InChI is InChI=1S/C14H28O3S/c1-4-5-9-18-13(8-6-7-12(2)3)11-17-14(16)10-15/h12-13,15H,4-11H2,1-3H3. The van der Waals surface area contributed by atoms with Gasteiger partial charge in [0.2, 0.25) is 0 Å². The Morgan fingerprint density at radius 1 is 1.28 bits per heavy atom. The molecule has 1 atom stereocenters. The number of carbonyl (C=O) groups excluding carboxylic acids is 1. The Labute approximate surface area is 116 Å². The van der Waals surface area contributed by atoms with Crippen molar-refractivity contribution in [2.75, 3.05) is 19.0 Å². The molecule has 0 aromatic heterocycles. The van der Waals surface area contributed by atoms with Crippen LogP contribution in [0.15, 0.2) is 0 Å². The number of carbonyl (C=O) groups is 1. The van der Waals surface area contributed by atoms with E-state index in [1.807, 2.05) is 11.8 Å². The fourth-order valence-corrected chi connectivity index (χ4v) is 2.88. The fourth-order valence-electron chi connectivity index (χ4n) is 1.59. The van der Waals surface area contributed by atoms with Crippen LogP contribution in [0.4, 0.5) is 0 Å². The number of thioether (sulfide) groups is 1. The number of hydrogen-bond acceptors (Lipinski definition) is 4.